The Hall–Kier alpha value is -0.770. The number of nitrogens with one attached hydrogen (secondary N) is 2. The predicted molar refractivity (Wildman–Crippen MR) is 63.6 cm³/mol. The van der Waals surface area contributed by atoms with Crippen molar-refractivity contribution in [1.82, 2.24) is 10.9 Å². The molecule has 0 aromatic heterocycles. The van der Waals surface area contributed by atoms with Gasteiger partial charge in [0, 0.05) is 8.90 Å². The van der Waals surface area contributed by atoms with Crippen LogP contribution in [0.4, 0.5) is 4.79 Å². The minimum absolute atomic E-state index is 0. The Balaban J connectivity index is 0. The first-order valence-corrected chi connectivity index (χ1v) is 5.72. The Morgan fingerprint density at radius 2 is 1.87 bits per heavy atom. The number of amides is 1. The molecule has 0 saturated heterocycles. The first-order valence-electron chi connectivity index (χ1n) is 5.72. The zero-order valence-corrected chi connectivity index (χ0v) is 9.93. The van der Waals surface area contributed by atoms with Crippen molar-refractivity contribution in [2.45, 2.75) is 64.5 Å². The maximum atomic E-state index is 11.3. The monoisotopic (exact) mass is 218 g/mol. The first-order chi connectivity index (χ1) is 6.97. The Morgan fingerprint density at radius 3 is 2.40 bits per heavy atom. The summed E-state index contributed by atoms with van der Waals surface area (Å²) in [6.07, 6.45) is 5.67. The van der Waals surface area contributed by atoms with Crippen LogP contribution in [0.5, 0.6) is 0 Å². The molecular weight excluding hydrogens is 192 g/mol. The lowest BCUT2D eigenvalue weighted by Gasteiger charge is -2.25. The van der Waals surface area contributed by atoms with Crippen LogP contribution in [0.15, 0.2) is 0 Å². The van der Waals surface area contributed by atoms with Crippen LogP contribution in [-0.2, 0) is 4.74 Å². The van der Waals surface area contributed by atoms with E-state index < -0.39 is 11.7 Å². The van der Waals surface area contributed by atoms with Gasteiger partial charge in [-0.1, -0.05) is 19.3 Å². The number of ether oxygens (including phenoxy) is 1. The maximum absolute atomic E-state index is 11.3. The highest BCUT2D eigenvalue weighted by atomic mass is 16.6. The van der Waals surface area contributed by atoms with Gasteiger partial charge in [-0.15, -0.1) is 0 Å². The highest BCUT2D eigenvalue weighted by Crippen LogP contribution is 2.16. The van der Waals surface area contributed by atoms with Gasteiger partial charge in [0.15, 0.2) is 0 Å². The third kappa shape index (κ3) is 5.62. The molecule has 0 aromatic rings. The van der Waals surface area contributed by atoms with E-state index in [1.807, 2.05) is 20.8 Å². The van der Waals surface area contributed by atoms with Gasteiger partial charge in [0.2, 0.25) is 0 Å². The number of carbonyl (C=O) groups is 1. The van der Waals surface area contributed by atoms with Crippen molar-refractivity contribution in [1.29, 1.82) is 0 Å². The molecular formula is C11H26N2O2. The molecule has 92 valence electrons. The minimum Gasteiger partial charge on any atom is -0.443 e. The molecule has 4 nitrogen and oxygen atoms in total. The lowest BCUT2D eigenvalue weighted by molar-refractivity contribution is 0.0482. The van der Waals surface area contributed by atoms with Gasteiger partial charge in [-0.3, -0.25) is 5.43 Å². The molecule has 1 rings (SSSR count). The number of hydrogen-bond donors (Lipinski definition) is 2. The fourth-order valence-corrected chi connectivity index (χ4v) is 1.71. The van der Waals surface area contributed by atoms with Crippen LogP contribution in [0.3, 0.4) is 0 Å². The van der Waals surface area contributed by atoms with E-state index >= 15 is 0 Å². The Labute approximate surface area is 94.7 Å². The van der Waals surface area contributed by atoms with Crippen molar-refractivity contribution in [2.75, 3.05) is 0 Å². The quantitative estimate of drug-likeness (QED) is 0.701. The zero-order valence-electron chi connectivity index (χ0n) is 9.93. The molecule has 2 N–H and O–H groups in total. The molecule has 1 fully saturated rings. The van der Waals surface area contributed by atoms with Gasteiger partial charge in [-0.25, -0.2) is 10.2 Å². The number of carbonyl (C=O) groups excluding carboxylic acids is 1. The third-order valence-corrected chi connectivity index (χ3v) is 2.38. The van der Waals surface area contributed by atoms with E-state index in [2.05, 4.69) is 10.9 Å². The average molecular weight is 218 g/mol. The second-order valence-corrected chi connectivity index (χ2v) is 5.11. The fourth-order valence-electron chi connectivity index (χ4n) is 1.71. The second kappa shape index (κ2) is 5.35. The van der Waals surface area contributed by atoms with Crippen LogP contribution in [0.25, 0.3) is 0 Å². The van der Waals surface area contributed by atoms with Crippen molar-refractivity contribution in [2.24, 2.45) is 0 Å². The summed E-state index contributed by atoms with van der Waals surface area (Å²) in [7, 11) is 0. The molecule has 0 unspecified atom stereocenters. The normalized spacial score (nSPS) is 18.6. The summed E-state index contributed by atoms with van der Waals surface area (Å²) < 4.78 is 5.12. The maximum Gasteiger partial charge on any atom is 0.422 e. The van der Waals surface area contributed by atoms with Gasteiger partial charge in [-0.05, 0) is 33.6 Å². The molecule has 1 aliphatic carbocycles. The molecule has 15 heavy (non-hydrogen) atoms. The van der Waals surface area contributed by atoms with Crippen LogP contribution in [-0.4, -0.2) is 17.7 Å². The molecule has 0 atom stereocenters. The van der Waals surface area contributed by atoms with Gasteiger partial charge < -0.3 is 4.74 Å². The summed E-state index contributed by atoms with van der Waals surface area (Å²) >= 11 is 0. The standard InChI is InChI=1S/C11H22N2O2.2H2/c1-11(2,3)15-10(14)13-12-9-7-5-4-6-8-9;;/h9,12H,4-8H2,1-3H3,(H,13,14);2*1H. The average Bonchev–Trinajstić information content (AvgIpc) is 2.14. The van der Waals surface area contributed by atoms with Gasteiger partial charge in [0.1, 0.15) is 5.60 Å². The molecule has 1 amide bonds. The number of hydrazine groups is 1. The summed E-state index contributed by atoms with van der Waals surface area (Å²) in [6.45, 7) is 5.56. The molecule has 1 saturated carbocycles. The SMILES string of the molecule is CC(C)(C)OC(=O)NNC1CCCCC1.[HH].[HH]. The highest BCUT2D eigenvalue weighted by molar-refractivity contribution is 5.67. The van der Waals surface area contributed by atoms with E-state index in [1.54, 1.807) is 0 Å². The Morgan fingerprint density at radius 1 is 1.27 bits per heavy atom. The van der Waals surface area contributed by atoms with Crippen molar-refractivity contribution in [3.05, 3.63) is 0 Å². The Bertz CT molecular complexity index is 214. The largest absolute Gasteiger partial charge is 0.443 e. The van der Waals surface area contributed by atoms with Crippen molar-refractivity contribution < 1.29 is 12.4 Å². The first kappa shape index (κ1) is 12.3. The van der Waals surface area contributed by atoms with E-state index in [-0.39, 0.29) is 2.85 Å². The van der Waals surface area contributed by atoms with Gasteiger partial charge in [0.05, 0.1) is 0 Å². The van der Waals surface area contributed by atoms with Crippen LogP contribution < -0.4 is 10.9 Å². The topological polar surface area (TPSA) is 50.4 Å². The molecule has 0 aromatic carbocycles. The lowest BCUT2D eigenvalue weighted by atomic mass is 9.96. The smallest absolute Gasteiger partial charge is 0.422 e. The third-order valence-electron chi connectivity index (χ3n) is 2.38. The van der Waals surface area contributed by atoms with E-state index in [4.69, 9.17) is 4.74 Å². The molecule has 0 bridgehead atoms. The molecule has 0 aliphatic heterocycles. The molecule has 0 spiro atoms. The summed E-state index contributed by atoms with van der Waals surface area (Å²) in [5.74, 6) is 0. The summed E-state index contributed by atoms with van der Waals surface area (Å²) in [5, 5.41) is 0. The van der Waals surface area contributed by atoms with Crippen LogP contribution in [0, 0.1) is 0 Å². The zero-order chi connectivity index (χ0) is 11.3. The van der Waals surface area contributed by atoms with Gasteiger partial charge >= 0.3 is 6.09 Å². The summed E-state index contributed by atoms with van der Waals surface area (Å²) in [6, 6.07) is 0.409. The van der Waals surface area contributed by atoms with E-state index in [0.717, 1.165) is 12.8 Å². The van der Waals surface area contributed by atoms with Crippen molar-refractivity contribution >= 4 is 6.09 Å². The van der Waals surface area contributed by atoms with E-state index in [9.17, 15) is 4.79 Å². The van der Waals surface area contributed by atoms with E-state index in [0.29, 0.717) is 6.04 Å². The second-order valence-electron chi connectivity index (χ2n) is 5.11. The Kier molecular flexibility index (Phi) is 4.39. The summed E-state index contributed by atoms with van der Waals surface area (Å²) in [4.78, 5) is 11.3. The van der Waals surface area contributed by atoms with Gasteiger partial charge in [0.25, 0.3) is 0 Å². The minimum atomic E-state index is -0.432. The summed E-state index contributed by atoms with van der Waals surface area (Å²) in [5.41, 5.74) is 5.18. The molecule has 4 heteroatoms. The van der Waals surface area contributed by atoms with Crippen LogP contribution in [0.1, 0.15) is 55.7 Å². The highest BCUT2D eigenvalue weighted by Gasteiger charge is 2.18. The van der Waals surface area contributed by atoms with E-state index in [1.165, 1.54) is 19.3 Å². The lowest BCUT2D eigenvalue weighted by Crippen LogP contribution is -2.47. The van der Waals surface area contributed by atoms with Crippen molar-refractivity contribution in [3.8, 4) is 0 Å². The molecule has 1 aliphatic rings. The molecule has 0 radical (unpaired) electrons. The number of hydrogen-bond acceptors (Lipinski definition) is 3. The molecule has 0 heterocycles. The predicted octanol–water partition coefficient (Wildman–Crippen LogP) is 2.84. The number of rotatable bonds is 2. The van der Waals surface area contributed by atoms with Crippen LogP contribution in [0.2, 0.25) is 0 Å². The van der Waals surface area contributed by atoms with Crippen LogP contribution >= 0.6 is 0 Å². The van der Waals surface area contributed by atoms with Crippen molar-refractivity contribution in [3.63, 3.8) is 0 Å². The van der Waals surface area contributed by atoms with Gasteiger partial charge in [-0.2, -0.15) is 0 Å². The fraction of sp³-hybridized carbons (Fsp3) is 0.909.